The number of nitrogens with zero attached hydrogens (tertiary/aromatic N) is 2. The molecule has 1 saturated carbocycles. The van der Waals surface area contributed by atoms with E-state index in [2.05, 4.69) is 10.4 Å². The third-order valence-electron chi connectivity index (χ3n) is 4.24. The molecular formula is C21H24N3O4. The number of aliphatic hydroxyl groups excluding tert-OH is 1. The monoisotopic (exact) mass is 382 g/mol. The zero-order valence-electron chi connectivity index (χ0n) is 16.0. The van der Waals surface area contributed by atoms with Crippen LogP contribution in [0.15, 0.2) is 30.3 Å². The SMILES string of the molecule is CCOC(=O)c1cc([C]2[CH][CH][CH][CH]2)nn1C[C@@H](O)CNc1ccc(OC)cc1. The van der Waals surface area contributed by atoms with Gasteiger partial charge in [0.1, 0.15) is 11.4 Å². The molecule has 1 aliphatic rings. The summed E-state index contributed by atoms with van der Waals surface area (Å²) in [4.78, 5) is 12.3. The third kappa shape index (κ3) is 5.04. The zero-order chi connectivity index (χ0) is 19.9. The Balaban J connectivity index is 1.65. The lowest BCUT2D eigenvalue weighted by Crippen LogP contribution is -2.27. The summed E-state index contributed by atoms with van der Waals surface area (Å²) in [6.07, 6.45) is 6.91. The predicted octanol–water partition coefficient (Wildman–Crippen LogP) is 2.29. The van der Waals surface area contributed by atoms with E-state index >= 15 is 0 Å². The summed E-state index contributed by atoms with van der Waals surface area (Å²) < 4.78 is 11.8. The van der Waals surface area contributed by atoms with Crippen LogP contribution in [0.4, 0.5) is 5.69 Å². The van der Waals surface area contributed by atoms with Gasteiger partial charge in [-0.1, -0.05) is 0 Å². The molecule has 2 N–H and O–H groups in total. The van der Waals surface area contributed by atoms with E-state index in [0.29, 0.717) is 17.9 Å². The van der Waals surface area contributed by atoms with Crippen molar-refractivity contribution in [3.63, 3.8) is 0 Å². The molecule has 7 heteroatoms. The van der Waals surface area contributed by atoms with E-state index in [0.717, 1.165) is 17.4 Å². The fraction of sp³-hybridized carbons (Fsp3) is 0.286. The second-order valence-corrected chi connectivity index (χ2v) is 6.25. The summed E-state index contributed by atoms with van der Waals surface area (Å²) in [6.45, 7) is 2.50. The van der Waals surface area contributed by atoms with Crippen LogP contribution >= 0.6 is 0 Å². The minimum Gasteiger partial charge on any atom is -0.497 e. The Morgan fingerprint density at radius 3 is 2.61 bits per heavy atom. The molecule has 0 saturated heterocycles. The van der Waals surface area contributed by atoms with Gasteiger partial charge in [-0.05, 0) is 62.9 Å². The van der Waals surface area contributed by atoms with E-state index in [-0.39, 0.29) is 13.2 Å². The van der Waals surface area contributed by atoms with Gasteiger partial charge in [0.05, 0.1) is 32.1 Å². The van der Waals surface area contributed by atoms with E-state index in [4.69, 9.17) is 9.47 Å². The van der Waals surface area contributed by atoms with Gasteiger partial charge in [0, 0.05) is 18.2 Å². The van der Waals surface area contributed by atoms with Crippen LogP contribution in [0.2, 0.25) is 0 Å². The minimum atomic E-state index is -0.748. The van der Waals surface area contributed by atoms with Crippen LogP contribution in [-0.4, -0.2) is 47.2 Å². The molecule has 28 heavy (non-hydrogen) atoms. The number of hydrogen-bond donors (Lipinski definition) is 2. The number of hydrogen-bond acceptors (Lipinski definition) is 6. The van der Waals surface area contributed by atoms with Crippen molar-refractivity contribution in [2.45, 2.75) is 19.6 Å². The fourth-order valence-corrected chi connectivity index (χ4v) is 2.82. The standard InChI is InChI=1S/C21H24N3O4/c1-3-28-21(26)20-12-19(15-6-4-5-7-15)23-24(20)14-17(25)13-22-16-8-10-18(27-2)11-9-16/h4-12,17,22,25H,3,13-14H2,1-2H3/t17-/m0/s1. The highest BCUT2D eigenvalue weighted by Crippen LogP contribution is 2.29. The Morgan fingerprint density at radius 2 is 1.96 bits per heavy atom. The number of carbonyl (C=O) groups excluding carboxylic acids is 1. The fourth-order valence-electron chi connectivity index (χ4n) is 2.82. The number of benzene rings is 1. The molecule has 1 aromatic carbocycles. The number of esters is 1. The molecule has 0 aliphatic heterocycles. The van der Waals surface area contributed by atoms with E-state index in [9.17, 15) is 9.90 Å². The molecule has 3 rings (SSSR count). The van der Waals surface area contributed by atoms with E-state index in [1.54, 1.807) is 20.1 Å². The molecule has 7 nitrogen and oxygen atoms in total. The Morgan fingerprint density at radius 1 is 1.25 bits per heavy atom. The molecule has 0 bridgehead atoms. The van der Waals surface area contributed by atoms with Crippen molar-refractivity contribution >= 4 is 11.7 Å². The normalized spacial score (nSPS) is 15.4. The second kappa shape index (κ2) is 9.59. The maximum Gasteiger partial charge on any atom is 0.356 e. The van der Waals surface area contributed by atoms with Crippen molar-refractivity contribution < 1.29 is 19.4 Å². The van der Waals surface area contributed by atoms with Gasteiger partial charge >= 0.3 is 5.97 Å². The van der Waals surface area contributed by atoms with Crippen molar-refractivity contribution in [2.24, 2.45) is 0 Å². The molecule has 1 heterocycles. The molecule has 1 aliphatic carbocycles. The summed E-state index contributed by atoms with van der Waals surface area (Å²) in [5.41, 5.74) is 1.85. The number of aliphatic hydroxyl groups is 1. The molecule has 1 atom stereocenters. The zero-order valence-corrected chi connectivity index (χ0v) is 16.0. The largest absolute Gasteiger partial charge is 0.497 e. The molecular weight excluding hydrogens is 358 g/mol. The first kappa shape index (κ1) is 20.2. The van der Waals surface area contributed by atoms with E-state index < -0.39 is 12.1 Å². The molecule has 5 radical (unpaired) electrons. The molecule has 1 aromatic heterocycles. The van der Waals surface area contributed by atoms with Gasteiger partial charge in [0.25, 0.3) is 0 Å². The summed E-state index contributed by atoms with van der Waals surface area (Å²) >= 11 is 0. The van der Waals surface area contributed by atoms with Crippen LogP contribution < -0.4 is 10.1 Å². The lowest BCUT2D eigenvalue weighted by atomic mass is 10.0. The number of rotatable bonds is 9. The highest BCUT2D eigenvalue weighted by molar-refractivity contribution is 5.88. The molecule has 0 spiro atoms. The number of carbonyl (C=O) groups is 1. The smallest absolute Gasteiger partial charge is 0.356 e. The Hall–Kier alpha value is -2.54. The number of methoxy groups -OCH3 is 1. The van der Waals surface area contributed by atoms with Crippen LogP contribution in [0, 0.1) is 31.6 Å². The molecule has 1 fully saturated rings. The highest BCUT2D eigenvalue weighted by Gasteiger charge is 2.26. The Labute approximate surface area is 165 Å². The lowest BCUT2D eigenvalue weighted by Gasteiger charge is -2.15. The van der Waals surface area contributed by atoms with Crippen molar-refractivity contribution in [3.05, 3.63) is 73.3 Å². The quantitative estimate of drug-likeness (QED) is 0.648. The lowest BCUT2D eigenvalue weighted by molar-refractivity contribution is 0.0507. The van der Waals surface area contributed by atoms with Gasteiger partial charge in [0.15, 0.2) is 0 Å². The number of aromatic nitrogens is 2. The van der Waals surface area contributed by atoms with Gasteiger partial charge in [-0.15, -0.1) is 0 Å². The van der Waals surface area contributed by atoms with Crippen LogP contribution in [0.5, 0.6) is 5.75 Å². The van der Waals surface area contributed by atoms with E-state index in [1.165, 1.54) is 4.68 Å². The topological polar surface area (TPSA) is 85.6 Å². The first-order valence-corrected chi connectivity index (χ1v) is 9.13. The highest BCUT2D eigenvalue weighted by atomic mass is 16.5. The summed E-state index contributed by atoms with van der Waals surface area (Å²) in [6, 6.07) is 9.12. The molecule has 0 amide bonds. The number of nitrogens with one attached hydrogen (secondary N) is 1. The van der Waals surface area contributed by atoms with Gasteiger partial charge in [0.2, 0.25) is 0 Å². The first-order valence-electron chi connectivity index (χ1n) is 9.13. The first-order chi connectivity index (χ1) is 13.6. The Kier molecular flexibility index (Phi) is 6.92. The van der Waals surface area contributed by atoms with Gasteiger partial charge in [-0.3, -0.25) is 4.68 Å². The van der Waals surface area contributed by atoms with Gasteiger partial charge in [-0.25, -0.2) is 4.79 Å². The number of ether oxygens (including phenoxy) is 2. The molecule has 2 aromatic rings. The second-order valence-electron chi connectivity index (χ2n) is 6.25. The summed E-state index contributed by atoms with van der Waals surface area (Å²) in [5.74, 6) is 1.22. The van der Waals surface area contributed by atoms with Crippen LogP contribution in [-0.2, 0) is 11.3 Å². The summed E-state index contributed by atoms with van der Waals surface area (Å²) in [7, 11) is 1.61. The van der Waals surface area contributed by atoms with Crippen LogP contribution in [0.1, 0.15) is 23.1 Å². The molecule has 0 unspecified atom stereocenters. The van der Waals surface area contributed by atoms with Crippen molar-refractivity contribution in [1.82, 2.24) is 9.78 Å². The average molecular weight is 382 g/mol. The minimum absolute atomic E-state index is 0.165. The average Bonchev–Trinajstić information content (AvgIpc) is 3.37. The van der Waals surface area contributed by atoms with Crippen molar-refractivity contribution in [1.29, 1.82) is 0 Å². The number of anilines is 1. The van der Waals surface area contributed by atoms with Crippen LogP contribution in [0.3, 0.4) is 0 Å². The van der Waals surface area contributed by atoms with E-state index in [1.807, 2.05) is 49.9 Å². The van der Waals surface area contributed by atoms with Crippen LogP contribution in [0.25, 0.3) is 0 Å². The van der Waals surface area contributed by atoms with Crippen molar-refractivity contribution in [3.8, 4) is 5.75 Å². The predicted molar refractivity (Wildman–Crippen MR) is 105 cm³/mol. The molecule has 147 valence electrons. The van der Waals surface area contributed by atoms with Crippen molar-refractivity contribution in [2.75, 3.05) is 25.6 Å². The maximum atomic E-state index is 12.3. The summed E-state index contributed by atoms with van der Waals surface area (Å²) in [5, 5.41) is 18.1. The van der Waals surface area contributed by atoms with Gasteiger partial charge in [-0.2, -0.15) is 5.10 Å². The maximum absolute atomic E-state index is 12.3. The Bertz CT molecular complexity index is 766. The van der Waals surface area contributed by atoms with Gasteiger partial charge < -0.3 is 19.9 Å². The third-order valence-corrected chi connectivity index (χ3v) is 4.24.